The van der Waals surface area contributed by atoms with E-state index in [9.17, 15) is 0 Å². The van der Waals surface area contributed by atoms with E-state index in [1.54, 1.807) is 0 Å². The number of thioether (sulfide) groups is 1. The van der Waals surface area contributed by atoms with Crippen LogP contribution in [0.15, 0.2) is 29.2 Å². The van der Waals surface area contributed by atoms with Crippen LogP contribution in [0.4, 0.5) is 0 Å². The van der Waals surface area contributed by atoms with Crippen molar-refractivity contribution in [2.75, 3.05) is 12.4 Å². The molecule has 1 fully saturated rings. The summed E-state index contributed by atoms with van der Waals surface area (Å²) < 4.78 is 5.61. The van der Waals surface area contributed by atoms with Crippen LogP contribution in [0, 0.1) is 0 Å². The smallest absolute Gasteiger partial charge is 0.0669 e. The molecule has 2 atom stereocenters. The Bertz CT molecular complexity index is 333. The van der Waals surface area contributed by atoms with E-state index >= 15 is 0 Å². The maximum absolute atomic E-state index is 5.99. The molecule has 2 rings (SSSR count). The van der Waals surface area contributed by atoms with E-state index in [2.05, 4.69) is 31.2 Å². The van der Waals surface area contributed by atoms with Gasteiger partial charge in [-0.15, -0.1) is 11.8 Å². The van der Waals surface area contributed by atoms with Gasteiger partial charge in [-0.05, 0) is 37.0 Å². The molecule has 1 unspecified atom stereocenters. The minimum atomic E-state index is 0.173. The maximum Gasteiger partial charge on any atom is 0.0669 e. The van der Waals surface area contributed by atoms with E-state index in [0.29, 0.717) is 6.10 Å². The Morgan fingerprint density at radius 1 is 1.41 bits per heavy atom. The second-order valence-electron chi connectivity index (χ2n) is 4.53. The first-order valence-corrected chi connectivity index (χ1v) is 7.38. The zero-order chi connectivity index (χ0) is 12.1. The van der Waals surface area contributed by atoms with Crippen molar-refractivity contribution in [1.29, 1.82) is 0 Å². The SMILES string of the molecule is CC[C@@H](N)c1ccc(SCC2CCCO2)cc1. The number of hydrogen-bond acceptors (Lipinski definition) is 3. The summed E-state index contributed by atoms with van der Waals surface area (Å²) in [6.45, 7) is 3.06. The van der Waals surface area contributed by atoms with Crippen molar-refractivity contribution in [1.82, 2.24) is 0 Å². The van der Waals surface area contributed by atoms with Gasteiger partial charge in [0.25, 0.3) is 0 Å². The largest absolute Gasteiger partial charge is 0.377 e. The average molecular weight is 251 g/mol. The Labute approximate surface area is 108 Å². The molecule has 0 saturated carbocycles. The van der Waals surface area contributed by atoms with Crippen LogP contribution in [0.3, 0.4) is 0 Å². The van der Waals surface area contributed by atoms with Gasteiger partial charge >= 0.3 is 0 Å². The Hall–Kier alpha value is -0.510. The van der Waals surface area contributed by atoms with Crippen molar-refractivity contribution in [2.45, 2.75) is 43.2 Å². The Morgan fingerprint density at radius 3 is 2.76 bits per heavy atom. The van der Waals surface area contributed by atoms with Crippen molar-refractivity contribution in [3.63, 3.8) is 0 Å². The first kappa shape index (κ1) is 12.9. The Balaban J connectivity index is 1.84. The third-order valence-corrected chi connectivity index (χ3v) is 4.35. The van der Waals surface area contributed by atoms with Crippen LogP contribution >= 0.6 is 11.8 Å². The van der Waals surface area contributed by atoms with E-state index in [1.165, 1.54) is 23.3 Å². The summed E-state index contributed by atoms with van der Waals surface area (Å²) in [5.41, 5.74) is 7.22. The van der Waals surface area contributed by atoms with Crippen molar-refractivity contribution < 1.29 is 4.74 Å². The molecule has 1 aromatic carbocycles. The first-order valence-electron chi connectivity index (χ1n) is 6.39. The summed E-state index contributed by atoms with van der Waals surface area (Å²) in [5, 5.41) is 0. The molecule has 2 nitrogen and oxygen atoms in total. The fourth-order valence-corrected chi connectivity index (χ4v) is 2.98. The molecular formula is C14H21NOS. The third-order valence-electron chi connectivity index (χ3n) is 3.21. The van der Waals surface area contributed by atoms with E-state index in [0.717, 1.165) is 18.8 Å². The quantitative estimate of drug-likeness (QED) is 0.815. The van der Waals surface area contributed by atoms with Gasteiger partial charge in [-0.3, -0.25) is 0 Å². The van der Waals surface area contributed by atoms with Crippen LogP contribution < -0.4 is 5.73 Å². The molecule has 1 aromatic rings. The molecule has 1 heterocycles. The summed E-state index contributed by atoms with van der Waals surface area (Å²) in [6.07, 6.45) is 3.88. The number of ether oxygens (including phenoxy) is 1. The lowest BCUT2D eigenvalue weighted by atomic mass is 10.1. The predicted molar refractivity (Wildman–Crippen MR) is 73.4 cm³/mol. The lowest BCUT2D eigenvalue weighted by molar-refractivity contribution is 0.129. The van der Waals surface area contributed by atoms with Gasteiger partial charge in [-0.2, -0.15) is 0 Å². The first-order chi connectivity index (χ1) is 8.29. The van der Waals surface area contributed by atoms with Gasteiger partial charge in [0.05, 0.1) is 6.10 Å². The van der Waals surface area contributed by atoms with E-state index in [-0.39, 0.29) is 6.04 Å². The molecule has 3 heteroatoms. The van der Waals surface area contributed by atoms with Crippen molar-refractivity contribution in [2.24, 2.45) is 5.73 Å². The van der Waals surface area contributed by atoms with Gasteiger partial charge in [-0.1, -0.05) is 19.1 Å². The second kappa shape index (κ2) is 6.43. The van der Waals surface area contributed by atoms with Crippen LogP contribution in [-0.2, 0) is 4.74 Å². The summed E-state index contributed by atoms with van der Waals surface area (Å²) >= 11 is 1.88. The maximum atomic E-state index is 5.99. The van der Waals surface area contributed by atoms with Crippen LogP contribution in [0.5, 0.6) is 0 Å². The summed E-state index contributed by atoms with van der Waals surface area (Å²) in [4.78, 5) is 1.31. The van der Waals surface area contributed by atoms with Gasteiger partial charge in [0.1, 0.15) is 0 Å². The standard InChI is InChI=1S/C14H21NOS/c1-2-14(15)11-5-7-13(8-6-11)17-10-12-4-3-9-16-12/h5-8,12,14H,2-4,9-10,15H2,1H3/t12?,14-/m1/s1. The lowest BCUT2D eigenvalue weighted by Crippen LogP contribution is -2.08. The molecule has 1 aliphatic heterocycles. The van der Waals surface area contributed by atoms with Crippen molar-refractivity contribution in [3.8, 4) is 0 Å². The normalized spacial score (nSPS) is 21.6. The minimum Gasteiger partial charge on any atom is -0.377 e. The van der Waals surface area contributed by atoms with Crippen molar-refractivity contribution in [3.05, 3.63) is 29.8 Å². The highest BCUT2D eigenvalue weighted by atomic mass is 32.2. The monoisotopic (exact) mass is 251 g/mol. The van der Waals surface area contributed by atoms with E-state index < -0.39 is 0 Å². The molecule has 94 valence electrons. The Kier molecular flexibility index (Phi) is 4.89. The van der Waals surface area contributed by atoms with E-state index in [4.69, 9.17) is 10.5 Å². The topological polar surface area (TPSA) is 35.2 Å². The summed E-state index contributed by atoms with van der Waals surface area (Å²) in [5.74, 6) is 1.07. The van der Waals surface area contributed by atoms with Crippen LogP contribution in [0.2, 0.25) is 0 Å². The summed E-state index contributed by atoms with van der Waals surface area (Å²) in [6, 6.07) is 8.81. The molecule has 1 aliphatic rings. The van der Waals surface area contributed by atoms with Crippen LogP contribution in [0.1, 0.15) is 37.8 Å². The fourth-order valence-electron chi connectivity index (χ4n) is 2.01. The molecule has 2 N–H and O–H groups in total. The molecule has 0 bridgehead atoms. The average Bonchev–Trinajstić information content (AvgIpc) is 2.89. The molecule has 0 aromatic heterocycles. The van der Waals surface area contributed by atoms with Gasteiger partial charge in [-0.25, -0.2) is 0 Å². The Morgan fingerprint density at radius 2 is 2.18 bits per heavy atom. The van der Waals surface area contributed by atoms with Crippen molar-refractivity contribution >= 4 is 11.8 Å². The van der Waals surface area contributed by atoms with Crippen LogP contribution in [0.25, 0.3) is 0 Å². The molecule has 0 radical (unpaired) electrons. The molecule has 0 spiro atoms. The zero-order valence-corrected chi connectivity index (χ0v) is 11.2. The second-order valence-corrected chi connectivity index (χ2v) is 5.62. The highest BCUT2D eigenvalue weighted by Crippen LogP contribution is 2.25. The molecule has 17 heavy (non-hydrogen) atoms. The van der Waals surface area contributed by atoms with Gasteiger partial charge < -0.3 is 10.5 Å². The van der Waals surface area contributed by atoms with Gasteiger partial charge in [0.15, 0.2) is 0 Å². The number of hydrogen-bond donors (Lipinski definition) is 1. The number of benzene rings is 1. The van der Waals surface area contributed by atoms with E-state index in [1.807, 2.05) is 11.8 Å². The van der Waals surface area contributed by atoms with Gasteiger partial charge in [0, 0.05) is 23.3 Å². The predicted octanol–water partition coefficient (Wildman–Crippen LogP) is 3.37. The highest BCUT2D eigenvalue weighted by Gasteiger charge is 2.15. The fraction of sp³-hybridized carbons (Fsp3) is 0.571. The zero-order valence-electron chi connectivity index (χ0n) is 10.4. The van der Waals surface area contributed by atoms with Gasteiger partial charge in [0.2, 0.25) is 0 Å². The van der Waals surface area contributed by atoms with Crippen LogP contribution in [-0.4, -0.2) is 18.5 Å². The molecule has 1 saturated heterocycles. The molecule has 0 amide bonds. The molecule has 0 aliphatic carbocycles. The minimum absolute atomic E-state index is 0.173. The third kappa shape index (κ3) is 3.73. The molecular weight excluding hydrogens is 230 g/mol. The highest BCUT2D eigenvalue weighted by molar-refractivity contribution is 7.99. The lowest BCUT2D eigenvalue weighted by Gasteiger charge is -2.11. The number of nitrogens with two attached hydrogens (primary N) is 1. The summed E-state index contributed by atoms with van der Waals surface area (Å²) in [7, 11) is 0. The number of rotatable bonds is 5.